The van der Waals surface area contributed by atoms with Crippen LogP contribution in [0, 0.1) is 0 Å². The van der Waals surface area contributed by atoms with E-state index in [0.29, 0.717) is 16.3 Å². The minimum atomic E-state index is -3.82. The van der Waals surface area contributed by atoms with Crippen LogP contribution in [0.15, 0.2) is 76.2 Å². The summed E-state index contributed by atoms with van der Waals surface area (Å²) in [6.45, 7) is -0.158. The van der Waals surface area contributed by atoms with Gasteiger partial charge in [-0.1, -0.05) is 17.7 Å². The van der Waals surface area contributed by atoms with E-state index in [4.69, 9.17) is 20.8 Å². The lowest BCUT2D eigenvalue weighted by Gasteiger charge is -2.17. The van der Waals surface area contributed by atoms with Crippen LogP contribution in [0.1, 0.15) is 21.4 Å². The number of nitrogens with one attached hydrogen (secondary N) is 1. The van der Waals surface area contributed by atoms with Gasteiger partial charge in [-0.15, -0.1) is 0 Å². The number of benzene rings is 2. The molecule has 0 fully saturated rings. The van der Waals surface area contributed by atoms with Gasteiger partial charge in [-0.25, -0.2) is 8.42 Å². The number of hydrogen-bond acceptors (Lipinski definition) is 5. The van der Waals surface area contributed by atoms with Gasteiger partial charge in [0.1, 0.15) is 16.8 Å². The van der Waals surface area contributed by atoms with Gasteiger partial charge in [0.05, 0.1) is 18.3 Å². The highest BCUT2D eigenvalue weighted by Gasteiger charge is 2.32. The summed E-state index contributed by atoms with van der Waals surface area (Å²) in [6, 6.07) is 15.6. The van der Waals surface area contributed by atoms with Crippen molar-refractivity contribution in [1.29, 1.82) is 0 Å². The summed E-state index contributed by atoms with van der Waals surface area (Å²) in [7, 11) is -2.32. The molecule has 6 nitrogen and oxygen atoms in total. The number of sulfone groups is 1. The summed E-state index contributed by atoms with van der Waals surface area (Å²) < 4.78 is 36.7. The first-order valence-electron chi connectivity index (χ1n) is 8.37. The Morgan fingerprint density at radius 1 is 1.14 bits per heavy atom. The molecule has 0 aliphatic rings. The predicted molar refractivity (Wildman–Crippen MR) is 105 cm³/mol. The van der Waals surface area contributed by atoms with Crippen molar-refractivity contribution < 1.29 is 22.4 Å². The van der Waals surface area contributed by atoms with Crippen molar-refractivity contribution in [2.75, 3.05) is 13.7 Å². The molecule has 8 heteroatoms. The minimum absolute atomic E-state index is 0.0916. The number of ether oxygens (including phenoxy) is 1. The van der Waals surface area contributed by atoms with Crippen molar-refractivity contribution in [1.82, 2.24) is 5.32 Å². The van der Waals surface area contributed by atoms with Crippen LogP contribution in [0.25, 0.3) is 0 Å². The van der Waals surface area contributed by atoms with Crippen molar-refractivity contribution in [2.45, 2.75) is 10.1 Å². The molecule has 0 saturated carbocycles. The highest BCUT2D eigenvalue weighted by molar-refractivity contribution is 7.91. The van der Waals surface area contributed by atoms with Crippen LogP contribution in [0.3, 0.4) is 0 Å². The third-order valence-corrected chi connectivity index (χ3v) is 6.49. The molecule has 0 aliphatic heterocycles. The van der Waals surface area contributed by atoms with E-state index in [1.165, 1.54) is 37.6 Å². The molecule has 146 valence electrons. The van der Waals surface area contributed by atoms with E-state index in [1.807, 2.05) is 0 Å². The van der Waals surface area contributed by atoms with Crippen molar-refractivity contribution in [3.8, 4) is 5.75 Å². The van der Waals surface area contributed by atoms with Crippen molar-refractivity contribution >= 4 is 27.3 Å². The fraction of sp³-hybridized carbons (Fsp3) is 0.150. The fourth-order valence-electron chi connectivity index (χ4n) is 2.68. The maximum absolute atomic E-state index is 13.1. The summed E-state index contributed by atoms with van der Waals surface area (Å²) in [5.74, 6) is 0.353. The Morgan fingerprint density at radius 3 is 2.54 bits per heavy atom. The second-order valence-electron chi connectivity index (χ2n) is 5.94. The highest BCUT2D eigenvalue weighted by atomic mass is 35.5. The smallest absolute Gasteiger partial charge is 0.251 e. The van der Waals surface area contributed by atoms with Gasteiger partial charge >= 0.3 is 0 Å². The van der Waals surface area contributed by atoms with Crippen molar-refractivity contribution in [3.05, 3.63) is 83.3 Å². The normalized spacial score (nSPS) is 12.4. The van der Waals surface area contributed by atoms with E-state index in [0.717, 1.165) is 0 Å². The molecule has 0 radical (unpaired) electrons. The summed E-state index contributed by atoms with van der Waals surface area (Å²) in [5.41, 5.74) is 0.362. The first-order valence-corrected chi connectivity index (χ1v) is 10.3. The molecular weight excluding hydrogens is 402 g/mol. The fourth-order valence-corrected chi connectivity index (χ4v) is 4.39. The van der Waals surface area contributed by atoms with Crippen LogP contribution < -0.4 is 10.1 Å². The first kappa shape index (κ1) is 20.0. The van der Waals surface area contributed by atoms with Gasteiger partial charge in [0, 0.05) is 17.1 Å². The number of rotatable bonds is 7. The van der Waals surface area contributed by atoms with Crippen molar-refractivity contribution in [3.63, 3.8) is 0 Å². The van der Waals surface area contributed by atoms with Gasteiger partial charge in [-0.05, 0) is 54.6 Å². The van der Waals surface area contributed by atoms with Gasteiger partial charge in [-0.3, -0.25) is 4.79 Å². The molecule has 3 rings (SSSR count). The molecule has 0 spiro atoms. The van der Waals surface area contributed by atoms with Crippen LogP contribution in [0.4, 0.5) is 0 Å². The first-order chi connectivity index (χ1) is 13.4. The predicted octanol–water partition coefficient (Wildman–Crippen LogP) is 3.89. The van der Waals surface area contributed by atoms with E-state index in [-0.39, 0.29) is 17.2 Å². The Morgan fingerprint density at radius 2 is 1.89 bits per heavy atom. The molecule has 0 saturated heterocycles. The zero-order valence-electron chi connectivity index (χ0n) is 15.0. The molecule has 0 bridgehead atoms. The Bertz CT molecular complexity index is 1050. The second-order valence-corrected chi connectivity index (χ2v) is 8.51. The number of carbonyl (C=O) groups is 1. The Kier molecular flexibility index (Phi) is 6.06. The topological polar surface area (TPSA) is 85.6 Å². The second kappa shape index (κ2) is 8.50. The van der Waals surface area contributed by atoms with Gasteiger partial charge in [0.25, 0.3) is 5.91 Å². The van der Waals surface area contributed by atoms with Crippen LogP contribution in [-0.2, 0) is 9.84 Å². The number of hydrogen-bond donors (Lipinski definition) is 1. The van der Waals surface area contributed by atoms with Gasteiger partial charge in [0.15, 0.2) is 9.84 Å². The molecule has 1 heterocycles. The quantitative estimate of drug-likeness (QED) is 0.628. The number of carbonyl (C=O) groups excluding carboxylic acids is 1. The third kappa shape index (κ3) is 4.37. The molecule has 2 aromatic carbocycles. The maximum Gasteiger partial charge on any atom is 0.251 e. The molecule has 28 heavy (non-hydrogen) atoms. The van der Waals surface area contributed by atoms with Gasteiger partial charge < -0.3 is 14.5 Å². The number of methoxy groups -OCH3 is 1. The number of halogens is 1. The molecule has 0 aliphatic carbocycles. The Labute approximate surface area is 168 Å². The average Bonchev–Trinajstić information content (AvgIpc) is 3.22. The maximum atomic E-state index is 13.1. The van der Waals surface area contributed by atoms with Crippen LogP contribution in [-0.4, -0.2) is 28.0 Å². The average molecular weight is 420 g/mol. The SMILES string of the molecule is COc1cccc(C(=O)NCC(c2ccco2)S(=O)(=O)c2ccc(Cl)cc2)c1. The van der Waals surface area contributed by atoms with Crippen LogP contribution in [0.5, 0.6) is 5.75 Å². The van der Waals surface area contributed by atoms with Gasteiger partial charge in [-0.2, -0.15) is 0 Å². The Hall–Kier alpha value is -2.77. The lowest BCUT2D eigenvalue weighted by Crippen LogP contribution is -2.31. The molecule has 3 aromatic rings. The lowest BCUT2D eigenvalue weighted by atomic mass is 10.2. The monoisotopic (exact) mass is 419 g/mol. The molecule has 1 unspecified atom stereocenters. The number of furan rings is 1. The summed E-state index contributed by atoms with van der Waals surface area (Å²) in [5, 5.41) is 2.01. The summed E-state index contributed by atoms with van der Waals surface area (Å²) >= 11 is 5.86. The van der Waals surface area contributed by atoms with Gasteiger partial charge in [0.2, 0.25) is 0 Å². The number of amides is 1. The molecule has 1 amide bonds. The van der Waals surface area contributed by atoms with Crippen LogP contribution in [0.2, 0.25) is 5.02 Å². The largest absolute Gasteiger partial charge is 0.497 e. The summed E-state index contributed by atoms with van der Waals surface area (Å²) in [4.78, 5) is 12.6. The Balaban J connectivity index is 1.85. The minimum Gasteiger partial charge on any atom is -0.497 e. The van der Waals surface area contributed by atoms with E-state index in [9.17, 15) is 13.2 Å². The van der Waals surface area contributed by atoms with Crippen molar-refractivity contribution in [2.24, 2.45) is 0 Å². The highest BCUT2D eigenvalue weighted by Crippen LogP contribution is 2.29. The molecule has 1 N–H and O–H groups in total. The molecule has 1 aromatic heterocycles. The standard InChI is InChI=1S/C20H18ClNO5S/c1-26-16-5-2-4-14(12-16)20(23)22-13-19(18-6-3-11-27-18)28(24,25)17-9-7-15(21)8-10-17/h2-12,19H,13H2,1H3,(H,22,23). The van der Waals surface area contributed by atoms with E-state index < -0.39 is 21.0 Å². The third-order valence-electron chi connectivity index (χ3n) is 4.16. The lowest BCUT2D eigenvalue weighted by molar-refractivity contribution is 0.0953. The summed E-state index contributed by atoms with van der Waals surface area (Å²) in [6.07, 6.45) is 1.39. The molecule has 1 atom stereocenters. The van der Waals surface area contributed by atoms with E-state index in [2.05, 4.69) is 5.32 Å². The zero-order chi connectivity index (χ0) is 20.1. The van der Waals surface area contributed by atoms with E-state index in [1.54, 1.807) is 36.4 Å². The zero-order valence-corrected chi connectivity index (χ0v) is 16.5. The van der Waals surface area contributed by atoms with Crippen LogP contribution >= 0.6 is 11.6 Å². The molecular formula is C20H18ClNO5S. The van der Waals surface area contributed by atoms with E-state index >= 15 is 0 Å².